The molecule has 1 atom stereocenters. The summed E-state index contributed by atoms with van der Waals surface area (Å²) in [5.41, 5.74) is 1.86. The monoisotopic (exact) mass is 205 g/mol. The molecule has 0 aromatic carbocycles. The number of amides is 1. The minimum atomic E-state index is -0.0358. The van der Waals surface area contributed by atoms with Crippen molar-refractivity contribution in [3.05, 3.63) is 24.0 Å². The van der Waals surface area contributed by atoms with Gasteiger partial charge in [0.1, 0.15) is 0 Å². The lowest BCUT2D eigenvalue weighted by Gasteiger charge is -2.16. The molecule has 0 spiro atoms. The molecule has 0 radical (unpaired) electrons. The number of aryl methyl sites for hydroxylation is 1. The van der Waals surface area contributed by atoms with Gasteiger partial charge in [0, 0.05) is 12.2 Å². The molecule has 1 fully saturated rings. The highest BCUT2D eigenvalue weighted by atomic mass is 16.2. The smallest absolute Gasteiger partial charge is 0.244 e. The van der Waals surface area contributed by atoms with Crippen LogP contribution in [-0.4, -0.2) is 30.5 Å². The summed E-state index contributed by atoms with van der Waals surface area (Å²) in [4.78, 5) is 17.8. The molecule has 0 aliphatic carbocycles. The molecule has 1 aliphatic rings. The van der Waals surface area contributed by atoms with Crippen LogP contribution in [0.5, 0.6) is 0 Å². The van der Waals surface area contributed by atoms with Crippen molar-refractivity contribution in [1.29, 1.82) is 0 Å². The molecule has 15 heavy (non-hydrogen) atoms. The van der Waals surface area contributed by atoms with E-state index in [1.165, 1.54) is 0 Å². The zero-order valence-corrected chi connectivity index (χ0v) is 9.03. The predicted octanol–water partition coefficient (Wildman–Crippen LogP) is 0.715. The minimum Gasteiger partial charge on any atom is -0.309 e. The van der Waals surface area contributed by atoms with E-state index >= 15 is 0 Å². The molecule has 1 aliphatic heterocycles. The summed E-state index contributed by atoms with van der Waals surface area (Å²) >= 11 is 0. The maximum Gasteiger partial charge on any atom is 0.244 e. The lowest BCUT2D eigenvalue weighted by Crippen LogP contribution is -2.36. The van der Waals surface area contributed by atoms with Crippen molar-refractivity contribution < 1.29 is 4.79 Å². The summed E-state index contributed by atoms with van der Waals surface area (Å²) in [5, 5.41) is 3.01. The average Bonchev–Trinajstić information content (AvgIpc) is 2.61. The van der Waals surface area contributed by atoms with Crippen LogP contribution in [0.15, 0.2) is 18.3 Å². The molecule has 4 nitrogen and oxygen atoms in total. The molecule has 1 unspecified atom stereocenters. The number of hydrogen-bond acceptors (Lipinski definition) is 3. The molecule has 1 aromatic heterocycles. The summed E-state index contributed by atoms with van der Waals surface area (Å²) in [5.74, 6) is 0.142. The molecule has 0 saturated carbocycles. The molecule has 1 saturated heterocycles. The zero-order chi connectivity index (χ0) is 10.8. The second-order valence-corrected chi connectivity index (χ2v) is 3.78. The summed E-state index contributed by atoms with van der Waals surface area (Å²) in [6, 6.07) is 3.83. The predicted molar refractivity (Wildman–Crippen MR) is 58.8 cm³/mol. The maximum atomic E-state index is 11.9. The minimum absolute atomic E-state index is 0.0358. The van der Waals surface area contributed by atoms with Gasteiger partial charge in [-0.25, -0.2) is 0 Å². The van der Waals surface area contributed by atoms with E-state index in [1.54, 1.807) is 11.1 Å². The lowest BCUT2D eigenvalue weighted by molar-refractivity contribution is -0.118. The van der Waals surface area contributed by atoms with Crippen LogP contribution in [0.1, 0.15) is 12.1 Å². The Kier molecular flexibility index (Phi) is 2.68. The van der Waals surface area contributed by atoms with E-state index in [-0.39, 0.29) is 11.9 Å². The normalized spacial score (nSPS) is 21.1. The Morgan fingerprint density at radius 3 is 2.87 bits per heavy atom. The van der Waals surface area contributed by atoms with Crippen molar-refractivity contribution in [3.8, 4) is 0 Å². The Bertz CT molecular complexity index is 361. The van der Waals surface area contributed by atoms with Crippen LogP contribution in [0.4, 0.5) is 5.69 Å². The fourth-order valence-corrected chi connectivity index (χ4v) is 1.82. The third kappa shape index (κ3) is 1.85. The Morgan fingerprint density at radius 2 is 2.33 bits per heavy atom. The zero-order valence-electron chi connectivity index (χ0n) is 9.03. The largest absolute Gasteiger partial charge is 0.309 e. The first kappa shape index (κ1) is 10.1. The molecule has 2 heterocycles. The molecular weight excluding hydrogens is 190 g/mol. The Morgan fingerprint density at radius 1 is 1.53 bits per heavy atom. The summed E-state index contributed by atoms with van der Waals surface area (Å²) in [6.07, 6.45) is 2.62. The SMILES string of the molecule is CNC1CCN(c2ccc(C)nc2)C1=O. The molecule has 1 N–H and O–H groups in total. The van der Waals surface area contributed by atoms with E-state index in [0.717, 1.165) is 24.3 Å². The van der Waals surface area contributed by atoms with Gasteiger partial charge in [-0.15, -0.1) is 0 Å². The van der Waals surface area contributed by atoms with Gasteiger partial charge < -0.3 is 10.2 Å². The highest BCUT2D eigenvalue weighted by Gasteiger charge is 2.31. The Hall–Kier alpha value is -1.42. The van der Waals surface area contributed by atoms with Gasteiger partial charge in [0.25, 0.3) is 0 Å². The van der Waals surface area contributed by atoms with Crippen molar-refractivity contribution in [2.24, 2.45) is 0 Å². The molecule has 1 aromatic rings. The van der Waals surface area contributed by atoms with E-state index in [9.17, 15) is 4.79 Å². The van der Waals surface area contributed by atoms with Crippen molar-refractivity contribution in [1.82, 2.24) is 10.3 Å². The van der Waals surface area contributed by atoms with Gasteiger partial charge in [0.2, 0.25) is 5.91 Å². The Balaban J connectivity index is 2.19. The van der Waals surface area contributed by atoms with Crippen molar-refractivity contribution in [2.45, 2.75) is 19.4 Å². The fraction of sp³-hybridized carbons (Fsp3) is 0.455. The van der Waals surface area contributed by atoms with E-state index in [0.29, 0.717) is 0 Å². The number of hydrogen-bond donors (Lipinski definition) is 1. The third-order valence-corrected chi connectivity index (χ3v) is 2.76. The van der Waals surface area contributed by atoms with Crippen LogP contribution in [0.2, 0.25) is 0 Å². The van der Waals surface area contributed by atoms with Crippen LogP contribution in [0.3, 0.4) is 0 Å². The Labute approximate surface area is 89.3 Å². The third-order valence-electron chi connectivity index (χ3n) is 2.76. The molecule has 1 amide bonds. The van der Waals surface area contributed by atoms with E-state index in [2.05, 4.69) is 10.3 Å². The van der Waals surface area contributed by atoms with Crippen LogP contribution in [0.25, 0.3) is 0 Å². The number of carbonyl (C=O) groups excluding carboxylic acids is 1. The van der Waals surface area contributed by atoms with Crippen LogP contribution in [0, 0.1) is 6.92 Å². The summed E-state index contributed by atoms with van der Waals surface area (Å²) in [6.45, 7) is 2.71. The number of aromatic nitrogens is 1. The topological polar surface area (TPSA) is 45.2 Å². The number of nitrogens with zero attached hydrogens (tertiary/aromatic N) is 2. The van der Waals surface area contributed by atoms with Gasteiger partial charge >= 0.3 is 0 Å². The quantitative estimate of drug-likeness (QED) is 0.773. The van der Waals surface area contributed by atoms with Gasteiger partial charge in [0.05, 0.1) is 17.9 Å². The van der Waals surface area contributed by atoms with Gasteiger partial charge in [-0.1, -0.05) is 0 Å². The second-order valence-electron chi connectivity index (χ2n) is 3.78. The number of anilines is 1. The standard InChI is InChI=1S/C11H15N3O/c1-8-3-4-9(7-13-8)14-6-5-10(12-2)11(14)15/h3-4,7,10,12H,5-6H2,1-2H3. The molecule has 0 bridgehead atoms. The number of nitrogens with one attached hydrogen (secondary N) is 1. The first-order chi connectivity index (χ1) is 7.22. The summed E-state index contributed by atoms with van der Waals surface area (Å²) in [7, 11) is 1.82. The number of likely N-dealkylation sites (N-methyl/N-ethyl adjacent to an activating group) is 1. The van der Waals surface area contributed by atoms with Crippen molar-refractivity contribution in [3.63, 3.8) is 0 Å². The van der Waals surface area contributed by atoms with Gasteiger partial charge in [-0.05, 0) is 32.5 Å². The van der Waals surface area contributed by atoms with Crippen LogP contribution < -0.4 is 10.2 Å². The van der Waals surface area contributed by atoms with Gasteiger partial charge in [-0.3, -0.25) is 9.78 Å². The molecule has 4 heteroatoms. The van der Waals surface area contributed by atoms with Gasteiger partial charge in [0.15, 0.2) is 0 Å². The lowest BCUT2D eigenvalue weighted by atomic mass is 10.2. The fourth-order valence-electron chi connectivity index (χ4n) is 1.82. The van der Waals surface area contributed by atoms with Crippen LogP contribution in [-0.2, 0) is 4.79 Å². The number of pyridine rings is 1. The molecular formula is C11H15N3O. The van der Waals surface area contributed by atoms with E-state index < -0.39 is 0 Å². The van der Waals surface area contributed by atoms with E-state index in [4.69, 9.17) is 0 Å². The average molecular weight is 205 g/mol. The highest BCUT2D eigenvalue weighted by Crippen LogP contribution is 2.20. The second kappa shape index (κ2) is 3.98. The van der Waals surface area contributed by atoms with Crippen molar-refractivity contribution >= 4 is 11.6 Å². The first-order valence-electron chi connectivity index (χ1n) is 5.13. The number of carbonyl (C=O) groups is 1. The van der Waals surface area contributed by atoms with Crippen LogP contribution >= 0.6 is 0 Å². The molecule has 80 valence electrons. The van der Waals surface area contributed by atoms with Gasteiger partial charge in [-0.2, -0.15) is 0 Å². The summed E-state index contributed by atoms with van der Waals surface area (Å²) < 4.78 is 0. The van der Waals surface area contributed by atoms with E-state index in [1.807, 2.05) is 26.1 Å². The first-order valence-corrected chi connectivity index (χ1v) is 5.13. The molecule has 2 rings (SSSR count). The number of rotatable bonds is 2. The maximum absolute atomic E-state index is 11.9. The highest BCUT2D eigenvalue weighted by molar-refractivity contribution is 5.99. The van der Waals surface area contributed by atoms with Crippen molar-refractivity contribution in [2.75, 3.05) is 18.5 Å².